The van der Waals surface area contributed by atoms with Gasteiger partial charge in [-0.15, -0.1) is 0 Å². The molecule has 1 aliphatic heterocycles. The molecular weight excluding hydrogens is 332 g/mol. The summed E-state index contributed by atoms with van der Waals surface area (Å²) >= 11 is 0. The molecule has 0 saturated heterocycles. The van der Waals surface area contributed by atoms with Gasteiger partial charge in [-0.1, -0.05) is 30.3 Å². The average molecular weight is 350 g/mol. The van der Waals surface area contributed by atoms with Gasteiger partial charge >= 0.3 is 0 Å². The number of imidazole rings is 1. The number of nitrogens with one attached hydrogen (secondary N) is 1. The van der Waals surface area contributed by atoms with Crippen LogP contribution >= 0.6 is 0 Å². The molecule has 7 nitrogen and oxygen atoms in total. The van der Waals surface area contributed by atoms with Crippen LogP contribution in [-0.4, -0.2) is 32.8 Å². The van der Waals surface area contributed by atoms with E-state index in [1.54, 1.807) is 11.0 Å². The van der Waals surface area contributed by atoms with E-state index in [0.717, 1.165) is 5.56 Å². The third kappa shape index (κ3) is 3.23. The van der Waals surface area contributed by atoms with Gasteiger partial charge in [0.15, 0.2) is 5.82 Å². The second-order valence-electron chi connectivity index (χ2n) is 6.16. The summed E-state index contributed by atoms with van der Waals surface area (Å²) in [5.41, 5.74) is 2.21. The van der Waals surface area contributed by atoms with Gasteiger partial charge < -0.3 is 19.2 Å². The maximum Gasteiger partial charge on any atom is 0.290 e. The first-order chi connectivity index (χ1) is 12.7. The molecule has 0 fully saturated rings. The first-order valence-corrected chi connectivity index (χ1v) is 8.40. The number of benzene rings is 1. The van der Waals surface area contributed by atoms with Gasteiger partial charge in [0.2, 0.25) is 0 Å². The normalized spacial score (nSPS) is 13.5. The highest BCUT2D eigenvalue weighted by Gasteiger charge is 2.27. The summed E-state index contributed by atoms with van der Waals surface area (Å²) in [6.07, 6.45) is 4.66. The lowest BCUT2D eigenvalue weighted by molar-refractivity contribution is 0.0683. The second kappa shape index (κ2) is 6.87. The first kappa shape index (κ1) is 16.1. The van der Waals surface area contributed by atoms with Crippen molar-refractivity contribution < 1.29 is 14.0 Å². The maximum atomic E-state index is 12.7. The van der Waals surface area contributed by atoms with Crippen molar-refractivity contribution >= 4 is 11.8 Å². The minimum absolute atomic E-state index is 0.0903. The van der Waals surface area contributed by atoms with E-state index in [2.05, 4.69) is 10.3 Å². The van der Waals surface area contributed by atoms with Crippen LogP contribution in [0.2, 0.25) is 0 Å². The van der Waals surface area contributed by atoms with E-state index in [1.807, 2.05) is 41.1 Å². The van der Waals surface area contributed by atoms with Gasteiger partial charge in [0.1, 0.15) is 6.26 Å². The zero-order chi connectivity index (χ0) is 17.9. The van der Waals surface area contributed by atoms with Gasteiger partial charge in [-0.05, 0) is 11.6 Å². The van der Waals surface area contributed by atoms with Crippen molar-refractivity contribution in [3.8, 4) is 0 Å². The van der Waals surface area contributed by atoms with E-state index < -0.39 is 0 Å². The fourth-order valence-corrected chi connectivity index (χ4v) is 2.99. The lowest BCUT2D eigenvalue weighted by Gasteiger charge is -2.27. The summed E-state index contributed by atoms with van der Waals surface area (Å²) in [5.74, 6) is 0.0917. The van der Waals surface area contributed by atoms with Crippen molar-refractivity contribution in [1.82, 2.24) is 19.8 Å². The second-order valence-corrected chi connectivity index (χ2v) is 6.16. The molecule has 3 heterocycles. The summed E-state index contributed by atoms with van der Waals surface area (Å²) in [7, 11) is 0. The number of hydrogen-bond donors (Lipinski definition) is 1. The Morgan fingerprint density at radius 2 is 2.04 bits per heavy atom. The van der Waals surface area contributed by atoms with Gasteiger partial charge in [-0.2, -0.15) is 0 Å². The maximum absolute atomic E-state index is 12.7. The van der Waals surface area contributed by atoms with Crippen LogP contribution in [0.3, 0.4) is 0 Å². The highest BCUT2D eigenvalue weighted by atomic mass is 16.3. The molecule has 7 heteroatoms. The molecule has 4 rings (SSSR count). The number of furan rings is 1. The molecule has 0 radical (unpaired) electrons. The third-order valence-electron chi connectivity index (χ3n) is 4.35. The number of carbonyl (C=O) groups excluding carboxylic acids is 2. The Morgan fingerprint density at radius 3 is 2.81 bits per heavy atom. The number of rotatable bonds is 5. The van der Waals surface area contributed by atoms with E-state index in [1.165, 1.54) is 12.5 Å². The highest BCUT2D eigenvalue weighted by Crippen LogP contribution is 2.16. The largest absolute Gasteiger partial charge is 0.472 e. The van der Waals surface area contributed by atoms with Crippen molar-refractivity contribution in [2.24, 2.45) is 0 Å². The molecule has 26 heavy (non-hydrogen) atoms. The number of amides is 2. The van der Waals surface area contributed by atoms with Crippen LogP contribution in [0, 0.1) is 0 Å². The molecule has 2 aromatic heterocycles. The quantitative estimate of drug-likeness (QED) is 0.764. The van der Waals surface area contributed by atoms with Crippen LogP contribution < -0.4 is 5.32 Å². The molecule has 0 aliphatic carbocycles. The van der Waals surface area contributed by atoms with E-state index in [-0.39, 0.29) is 18.4 Å². The van der Waals surface area contributed by atoms with E-state index in [9.17, 15) is 9.59 Å². The standard InChI is InChI=1S/C19H18N4O3/c24-18(15-6-9-26-13-15)20-10-16-12-22-7-8-23(19(25)17(22)21-16)11-14-4-2-1-3-5-14/h1-6,9,12-13H,7-8,10-11H2,(H,20,24). The molecule has 0 atom stereocenters. The Bertz CT molecular complexity index is 916. The van der Waals surface area contributed by atoms with Crippen LogP contribution in [0.15, 0.2) is 59.5 Å². The van der Waals surface area contributed by atoms with Crippen molar-refractivity contribution in [3.63, 3.8) is 0 Å². The number of carbonyl (C=O) groups is 2. The van der Waals surface area contributed by atoms with Crippen molar-refractivity contribution in [3.05, 3.63) is 77.8 Å². The molecule has 0 saturated carbocycles. The fraction of sp³-hybridized carbons (Fsp3) is 0.211. The van der Waals surface area contributed by atoms with Crippen molar-refractivity contribution in [1.29, 1.82) is 0 Å². The SMILES string of the molecule is O=C(NCc1cn2c(n1)C(=O)N(Cc1ccccc1)CC2)c1ccoc1. The summed E-state index contributed by atoms with van der Waals surface area (Å²) in [5, 5.41) is 2.78. The molecule has 132 valence electrons. The summed E-state index contributed by atoms with van der Waals surface area (Å²) < 4.78 is 6.75. The van der Waals surface area contributed by atoms with Gasteiger partial charge in [-0.25, -0.2) is 4.98 Å². The van der Waals surface area contributed by atoms with Gasteiger partial charge in [0.25, 0.3) is 11.8 Å². The monoisotopic (exact) mass is 350 g/mol. The van der Waals surface area contributed by atoms with Crippen molar-refractivity contribution in [2.45, 2.75) is 19.6 Å². The number of aromatic nitrogens is 2. The zero-order valence-electron chi connectivity index (χ0n) is 14.1. The summed E-state index contributed by atoms with van der Waals surface area (Å²) in [6.45, 7) is 2.16. The van der Waals surface area contributed by atoms with E-state index in [4.69, 9.17) is 4.42 Å². The predicted molar refractivity (Wildman–Crippen MR) is 93.3 cm³/mol. The Hall–Kier alpha value is -3.35. The fourth-order valence-electron chi connectivity index (χ4n) is 2.99. The van der Waals surface area contributed by atoms with E-state index in [0.29, 0.717) is 36.7 Å². The van der Waals surface area contributed by atoms with Crippen LogP contribution in [0.4, 0.5) is 0 Å². The molecule has 0 bridgehead atoms. The number of fused-ring (bicyclic) bond motifs is 1. The van der Waals surface area contributed by atoms with Crippen LogP contribution in [0.25, 0.3) is 0 Å². The molecule has 1 aromatic carbocycles. The van der Waals surface area contributed by atoms with Crippen molar-refractivity contribution in [2.75, 3.05) is 6.54 Å². The molecule has 2 amide bonds. The topological polar surface area (TPSA) is 80.4 Å². The summed E-state index contributed by atoms with van der Waals surface area (Å²) in [6, 6.07) is 11.5. The third-order valence-corrected chi connectivity index (χ3v) is 4.35. The Morgan fingerprint density at radius 1 is 1.19 bits per heavy atom. The Balaban J connectivity index is 1.43. The average Bonchev–Trinajstić information content (AvgIpc) is 3.33. The molecular formula is C19H18N4O3. The predicted octanol–water partition coefficient (Wildman–Crippen LogP) is 2.06. The Kier molecular flexibility index (Phi) is 4.27. The summed E-state index contributed by atoms with van der Waals surface area (Å²) in [4.78, 5) is 30.9. The van der Waals surface area contributed by atoms with Crippen LogP contribution in [0.5, 0.6) is 0 Å². The molecule has 1 N–H and O–H groups in total. The zero-order valence-corrected chi connectivity index (χ0v) is 14.1. The van der Waals surface area contributed by atoms with Gasteiger partial charge in [0, 0.05) is 25.8 Å². The number of hydrogen-bond acceptors (Lipinski definition) is 4. The molecule has 0 spiro atoms. The van der Waals surface area contributed by atoms with Crippen LogP contribution in [-0.2, 0) is 19.6 Å². The Labute approximate surface area is 150 Å². The van der Waals surface area contributed by atoms with Crippen LogP contribution in [0.1, 0.15) is 32.2 Å². The lowest BCUT2D eigenvalue weighted by atomic mass is 10.2. The van der Waals surface area contributed by atoms with Gasteiger partial charge in [0.05, 0.1) is 24.1 Å². The van der Waals surface area contributed by atoms with E-state index >= 15 is 0 Å². The highest BCUT2D eigenvalue weighted by molar-refractivity contribution is 5.94. The minimum Gasteiger partial charge on any atom is -0.472 e. The molecule has 3 aromatic rings. The minimum atomic E-state index is -0.234. The molecule has 0 unspecified atom stereocenters. The smallest absolute Gasteiger partial charge is 0.290 e. The number of nitrogens with zero attached hydrogens (tertiary/aromatic N) is 3. The molecule has 1 aliphatic rings. The lowest BCUT2D eigenvalue weighted by Crippen LogP contribution is -2.39. The van der Waals surface area contributed by atoms with Gasteiger partial charge in [-0.3, -0.25) is 9.59 Å². The first-order valence-electron chi connectivity index (χ1n) is 8.40.